The SMILES string of the molecule is CCC[C@@H](CCO)Nc1nc(OC(N)=O)nc2c(C)nn(Cc3ncc(C4CCN(C5CCNCC5)CC4)cc3OC)c12. The highest BCUT2D eigenvalue weighted by molar-refractivity contribution is 5.88. The van der Waals surface area contributed by atoms with E-state index in [1.165, 1.54) is 18.4 Å². The Morgan fingerprint density at radius 3 is 2.65 bits per heavy atom. The molecule has 0 bridgehead atoms. The average molecular weight is 596 g/mol. The standard InChI is InChI=1S/C30H45N9O4/c1-4-5-22(10-15-40)34-28-27-26(35-30(36-28)43-29(31)41)19(2)37-39(27)18-24-25(42-3)16-21(17-33-24)20-8-13-38(14-9-20)23-6-11-32-12-7-23/h16-17,20,22-23,32,40H,4-15,18H2,1-3H3,(H2,31,41)(H,34,35,36)/t22-/m0/s1. The number of piperidine rings is 2. The maximum absolute atomic E-state index is 11.5. The maximum atomic E-state index is 11.5. The lowest BCUT2D eigenvalue weighted by atomic mass is 9.88. The Balaban J connectivity index is 1.40. The van der Waals surface area contributed by atoms with Gasteiger partial charge in [-0.05, 0) is 89.2 Å². The molecule has 2 saturated heterocycles. The molecule has 3 aromatic heterocycles. The number of aliphatic hydroxyl groups excluding tert-OH is 1. The molecule has 1 atom stereocenters. The molecular formula is C30H45N9O4. The fourth-order valence-corrected chi connectivity index (χ4v) is 6.46. The first-order chi connectivity index (χ1) is 20.9. The number of hydrogen-bond donors (Lipinski definition) is 4. The normalized spacial score (nSPS) is 17.7. The van der Waals surface area contributed by atoms with Crippen molar-refractivity contribution in [1.82, 2.24) is 34.9 Å². The number of nitrogens with zero attached hydrogens (tertiary/aromatic N) is 6. The zero-order chi connectivity index (χ0) is 30.3. The number of carbonyl (C=O) groups is 1. The van der Waals surface area contributed by atoms with Gasteiger partial charge in [0, 0.05) is 24.9 Å². The number of aliphatic hydroxyl groups is 1. The lowest BCUT2D eigenvalue weighted by molar-refractivity contribution is 0.127. The van der Waals surface area contributed by atoms with E-state index in [4.69, 9.17) is 25.3 Å². The highest BCUT2D eigenvalue weighted by Gasteiger charge is 2.28. The Labute approximate surface area is 252 Å². The molecule has 0 radical (unpaired) electrons. The number of primary amides is 1. The number of rotatable bonds is 12. The Kier molecular flexibility index (Phi) is 10.3. The number of ether oxygens (including phenoxy) is 2. The molecule has 0 spiro atoms. The van der Waals surface area contributed by atoms with Gasteiger partial charge in [-0.3, -0.25) is 9.67 Å². The molecule has 0 aliphatic carbocycles. The number of aryl methyl sites for hydroxylation is 1. The average Bonchev–Trinajstić information content (AvgIpc) is 3.32. The van der Waals surface area contributed by atoms with E-state index in [1.807, 2.05) is 13.1 Å². The van der Waals surface area contributed by atoms with Crippen molar-refractivity contribution in [1.29, 1.82) is 0 Å². The highest BCUT2D eigenvalue weighted by Crippen LogP contribution is 2.33. The maximum Gasteiger partial charge on any atom is 0.412 e. The molecule has 5 N–H and O–H groups in total. The third kappa shape index (κ3) is 7.34. The minimum atomic E-state index is -0.998. The van der Waals surface area contributed by atoms with Crippen LogP contribution in [-0.4, -0.2) is 92.8 Å². The van der Waals surface area contributed by atoms with Gasteiger partial charge in [0.25, 0.3) is 0 Å². The monoisotopic (exact) mass is 595 g/mol. The van der Waals surface area contributed by atoms with Crippen LogP contribution in [0.2, 0.25) is 0 Å². The van der Waals surface area contributed by atoms with E-state index >= 15 is 0 Å². The first kappa shape index (κ1) is 30.9. The molecule has 0 aromatic carbocycles. The number of hydrogen-bond acceptors (Lipinski definition) is 11. The van der Waals surface area contributed by atoms with Gasteiger partial charge in [-0.15, -0.1) is 0 Å². The Morgan fingerprint density at radius 1 is 1.21 bits per heavy atom. The van der Waals surface area contributed by atoms with Crippen LogP contribution in [0.15, 0.2) is 12.3 Å². The summed E-state index contributed by atoms with van der Waals surface area (Å²) in [4.78, 5) is 27.9. The molecule has 43 heavy (non-hydrogen) atoms. The zero-order valence-corrected chi connectivity index (χ0v) is 25.5. The Bertz CT molecular complexity index is 1380. The number of nitrogens with two attached hydrogens (primary N) is 1. The summed E-state index contributed by atoms with van der Waals surface area (Å²) in [6.07, 6.45) is 7.95. The first-order valence-electron chi connectivity index (χ1n) is 15.5. The summed E-state index contributed by atoms with van der Waals surface area (Å²) in [5, 5.41) is 21.3. The third-order valence-corrected chi connectivity index (χ3v) is 8.68. The van der Waals surface area contributed by atoms with Gasteiger partial charge in [-0.1, -0.05) is 13.3 Å². The molecule has 2 fully saturated rings. The van der Waals surface area contributed by atoms with Crippen LogP contribution in [0.4, 0.5) is 10.6 Å². The van der Waals surface area contributed by atoms with E-state index in [9.17, 15) is 9.90 Å². The molecule has 1 amide bonds. The van der Waals surface area contributed by atoms with Crippen LogP contribution >= 0.6 is 0 Å². The third-order valence-electron chi connectivity index (χ3n) is 8.68. The molecule has 13 nitrogen and oxygen atoms in total. The fourth-order valence-electron chi connectivity index (χ4n) is 6.46. The number of amides is 1. The molecule has 5 rings (SSSR count). The van der Waals surface area contributed by atoms with Gasteiger partial charge >= 0.3 is 12.1 Å². The van der Waals surface area contributed by atoms with Crippen LogP contribution in [0, 0.1) is 6.92 Å². The van der Waals surface area contributed by atoms with Crippen molar-refractivity contribution in [3.8, 4) is 11.8 Å². The van der Waals surface area contributed by atoms with Crippen LogP contribution in [0.5, 0.6) is 11.8 Å². The van der Waals surface area contributed by atoms with E-state index in [-0.39, 0.29) is 18.7 Å². The van der Waals surface area contributed by atoms with Crippen molar-refractivity contribution < 1.29 is 19.4 Å². The number of anilines is 1. The molecule has 0 saturated carbocycles. The number of carbonyl (C=O) groups excluding carboxylic acids is 1. The smallest absolute Gasteiger partial charge is 0.412 e. The first-order valence-corrected chi connectivity index (χ1v) is 15.5. The minimum absolute atomic E-state index is 0.0272. The lowest BCUT2D eigenvalue weighted by Crippen LogP contribution is -2.46. The predicted molar refractivity (Wildman–Crippen MR) is 164 cm³/mol. The molecular weight excluding hydrogens is 550 g/mol. The molecule has 0 unspecified atom stereocenters. The highest BCUT2D eigenvalue weighted by atomic mass is 16.6. The van der Waals surface area contributed by atoms with E-state index < -0.39 is 6.09 Å². The van der Waals surface area contributed by atoms with Gasteiger partial charge in [-0.25, -0.2) is 4.79 Å². The molecule has 3 aromatic rings. The van der Waals surface area contributed by atoms with Crippen LogP contribution in [0.25, 0.3) is 11.0 Å². The number of pyridine rings is 1. The topological polar surface area (TPSA) is 166 Å². The van der Waals surface area contributed by atoms with E-state index in [0.29, 0.717) is 53.2 Å². The van der Waals surface area contributed by atoms with E-state index in [0.717, 1.165) is 57.6 Å². The van der Waals surface area contributed by atoms with Crippen molar-refractivity contribution in [2.24, 2.45) is 5.73 Å². The van der Waals surface area contributed by atoms with Crippen molar-refractivity contribution in [3.63, 3.8) is 0 Å². The van der Waals surface area contributed by atoms with E-state index in [1.54, 1.807) is 11.8 Å². The second-order valence-corrected chi connectivity index (χ2v) is 11.6. The van der Waals surface area contributed by atoms with Gasteiger partial charge in [0.2, 0.25) is 0 Å². The van der Waals surface area contributed by atoms with Crippen LogP contribution < -0.4 is 25.8 Å². The van der Waals surface area contributed by atoms with Crippen molar-refractivity contribution in [3.05, 3.63) is 29.2 Å². The van der Waals surface area contributed by atoms with Crippen molar-refractivity contribution >= 4 is 22.9 Å². The predicted octanol–water partition coefficient (Wildman–Crippen LogP) is 2.94. The van der Waals surface area contributed by atoms with E-state index in [2.05, 4.69) is 38.5 Å². The largest absolute Gasteiger partial charge is 0.495 e. The van der Waals surface area contributed by atoms with Gasteiger partial charge in [-0.2, -0.15) is 15.1 Å². The summed E-state index contributed by atoms with van der Waals surface area (Å²) in [7, 11) is 1.67. The summed E-state index contributed by atoms with van der Waals surface area (Å²) < 4.78 is 12.7. The van der Waals surface area contributed by atoms with Crippen LogP contribution in [0.3, 0.4) is 0 Å². The molecule has 2 aliphatic heterocycles. The fraction of sp³-hybridized carbons (Fsp3) is 0.633. The summed E-state index contributed by atoms with van der Waals surface area (Å²) in [5.41, 5.74) is 9.02. The number of methoxy groups -OCH3 is 1. The molecule has 5 heterocycles. The van der Waals surface area contributed by atoms with Gasteiger partial charge in [0.05, 0.1) is 19.3 Å². The number of fused-ring (bicyclic) bond motifs is 1. The second kappa shape index (κ2) is 14.3. The van der Waals surface area contributed by atoms with Crippen LogP contribution in [0.1, 0.15) is 74.7 Å². The Morgan fingerprint density at radius 2 is 1.98 bits per heavy atom. The Hall–Kier alpha value is -3.55. The quantitative estimate of drug-likeness (QED) is 0.243. The van der Waals surface area contributed by atoms with Crippen molar-refractivity contribution in [2.75, 3.05) is 45.2 Å². The number of nitrogens with one attached hydrogen (secondary N) is 2. The summed E-state index contributed by atoms with van der Waals surface area (Å²) in [5.74, 6) is 1.62. The van der Waals surface area contributed by atoms with Gasteiger partial charge in [0.1, 0.15) is 22.5 Å². The number of likely N-dealkylation sites (tertiary alicyclic amines) is 1. The summed E-state index contributed by atoms with van der Waals surface area (Å²) in [6, 6.07) is 2.62. The lowest BCUT2D eigenvalue weighted by Gasteiger charge is -2.39. The zero-order valence-electron chi connectivity index (χ0n) is 25.5. The second-order valence-electron chi connectivity index (χ2n) is 11.6. The molecule has 2 aliphatic rings. The van der Waals surface area contributed by atoms with Gasteiger partial charge < -0.3 is 35.8 Å². The summed E-state index contributed by atoms with van der Waals surface area (Å²) in [6.45, 7) is 8.74. The minimum Gasteiger partial charge on any atom is -0.495 e. The molecule has 13 heteroatoms. The molecule has 234 valence electrons. The van der Waals surface area contributed by atoms with Gasteiger partial charge in [0.15, 0.2) is 5.82 Å². The summed E-state index contributed by atoms with van der Waals surface area (Å²) >= 11 is 0. The van der Waals surface area contributed by atoms with Crippen molar-refractivity contribution in [2.45, 2.75) is 83.3 Å². The number of aromatic nitrogens is 5. The van der Waals surface area contributed by atoms with Crippen LogP contribution in [-0.2, 0) is 6.54 Å².